The van der Waals surface area contributed by atoms with Crippen LogP contribution in [0.2, 0.25) is 0 Å². The Hall–Kier alpha value is -3.48. The molecule has 7 heteroatoms. The molecule has 0 radical (unpaired) electrons. The van der Waals surface area contributed by atoms with E-state index in [1.165, 1.54) is 12.1 Å². The van der Waals surface area contributed by atoms with Crippen molar-refractivity contribution in [3.8, 4) is 17.2 Å². The van der Waals surface area contributed by atoms with E-state index in [-0.39, 0.29) is 24.5 Å². The molecule has 1 aromatic heterocycles. The second kappa shape index (κ2) is 8.47. The highest BCUT2D eigenvalue weighted by Crippen LogP contribution is 2.27. The smallest absolute Gasteiger partial charge is 0.344 e. The summed E-state index contributed by atoms with van der Waals surface area (Å²) in [5.74, 6) is 0.667. The van der Waals surface area contributed by atoms with Crippen molar-refractivity contribution in [1.29, 1.82) is 0 Å². The van der Waals surface area contributed by atoms with Crippen LogP contribution in [0.15, 0.2) is 51.7 Å². The molecule has 2 aromatic carbocycles. The van der Waals surface area contributed by atoms with Gasteiger partial charge in [-0.15, -0.1) is 0 Å². The Kier molecular flexibility index (Phi) is 5.84. The third-order valence-corrected chi connectivity index (χ3v) is 4.22. The molecule has 0 fully saturated rings. The number of carbonyl (C=O) groups excluding carboxylic acids is 1. The molecule has 0 aliphatic rings. The molecule has 3 aromatic rings. The number of methoxy groups -OCH3 is 1. The number of ether oxygens (including phenoxy) is 3. The van der Waals surface area contributed by atoms with Gasteiger partial charge in [0.25, 0.3) is 0 Å². The van der Waals surface area contributed by atoms with Gasteiger partial charge in [-0.25, -0.2) is 9.59 Å². The summed E-state index contributed by atoms with van der Waals surface area (Å²) < 4.78 is 20.8. The maximum Gasteiger partial charge on any atom is 0.344 e. The van der Waals surface area contributed by atoms with Gasteiger partial charge in [0.1, 0.15) is 29.4 Å². The molecular formula is C21H20O7. The number of aromatic hydroxyl groups is 1. The zero-order valence-electron chi connectivity index (χ0n) is 15.6. The summed E-state index contributed by atoms with van der Waals surface area (Å²) in [7, 11) is 1.56. The van der Waals surface area contributed by atoms with Gasteiger partial charge in [0.15, 0.2) is 6.61 Å². The molecule has 3 rings (SSSR count). The van der Waals surface area contributed by atoms with Gasteiger partial charge >= 0.3 is 11.6 Å². The van der Waals surface area contributed by atoms with E-state index in [0.29, 0.717) is 34.4 Å². The molecule has 7 nitrogen and oxygen atoms in total. The van der Waals surface area contributed by atoms with Gasteiger partial charge in [-0.1, -0.05) is 6.92 Å². The second-order valence-corrected chi connectivity index (χ2v) is 6.05. The van der Waals surface area contributed by atoms with E-state index >= 15 is 0 Å². The fourth-order valence-corrected chi connectivity index (χ4v) is 2.72. The van der Waals surface area contributed by atoms with Gasteiger partial charge in [-0.3, -0.25) is 0 Å². The Balaban J connectivity index is 1.68. The number of esters is 1. The number of benzene rings is 2. The van der Waals surface area contributed by atoms with Crippen LogP contribution in [0.4, 0.5) is 0 Å². The molecule has 0 aliphatic heterocycles. The van der Waals surface area contributed by atoms with Crippen LogP contribution in [0.5, 0.6) is 17.2 Å². The summed E-state index contributed by atoms with van der Waals surface area (Å²) >= 11 is 0. The fraction of sp³-hybridized carbons (Fsp3) is 0.238. The number of hydrogen-bond acceptors (Lipinski definition) is 7. The van der Waals surface area contributed by atoms with Crippen molar-refractivity contribution in [3.63, 3.8) is 0 Å². The van der Waals surface area contributed by atoms with Crippen LogP contribution in [0.1, 0.15) is 18.1 Å². The monoisotopic (exact) mass is 384 g/mol. The van der Waals surface area contributed by atoms with E-state index in [1.54, 1.807) is 37.4 Å². The van der Waals surface area contributed by atoms with E-state index in [4.69, 9.17) is 18.6 Å². The highest BCUT2D eigenvalue weighted by molar-refractivity contribution is 5.83. The minimum atomic E-state index is -0.586. The first-order valence-electron chi connectivity index (χ1n) is 8.71. The maximum atomic E-state index is 12.0. The summed E-state index contributed by atoms with van der Waals surface area (Å²) in [5, 5.41) is 10.6. The SMILES string of the molecule is CCc1cc2c(COC(=O)COc3ccc(OC)cc3)cc(=O)oc2cc1O. The second-order valence-electron chi connectivity index (χ2n) is 6.05. The average molecular weight is 384 g/mol. The zero-order chi connectivity index (χ0) is 20.1. The van der Waals surface area contributed by atoms with Crippen LogP contribution in [-0.4, -0.2) is 24.8 Å². The van der Waals surface area contributed by atoms with Gasteiger partial charge < -0.3 is 23.7 Å². The van der Waals surface area contributed by atoms with E-state index < -0.39 is 11.6 Å². The molecule has 1 N–H and O–H groups in total. The molecule has 0 unspecified atom stereocenters. The van der Waals surface area contributed by atoms with E-state index in [9.17, 15) is 14.7 Å². The summed E-state index contributed by atoms with van der Waals surface area (Å²) in [6.45, 7) is 1.52. The van der Waals surface area contributed by atoms with Crippen molar-refractivity contribution >= 4 is 16.9 Å². The number of carbonyl (C=O) groups is 1. The zero-order valence-corrected chi connectivity index (χ0v) is 15.6. The van der Waals surface area contributed by atoms with Crippen LogP contribution in [0.3, 0.4) is 0 Å². The molecule has 0 saturated heterocycles. The van der Waals surface area contributed by atoms with Crippen molar-refractivity contribution in [2.24, 2.45) is 0 Å². The molecule has 0 atom stereocenters. The number of fused-ring (bicyclic) bond motifs is 1. The number of hydrogen-bond donors (Lipinski definition) is 1. The number of rotatable bonds is 7. The Morgan fingerprint density at radius 3 is 2.46 bits per heavy atom. The molecule has 146 valence electrons. The molecule has 28 heavy (non-hydrogen) atoms. The lowest BCUT2D eigenvalue weighted by Crippen LogP contribution is -2.15. The minimum absolute atomic E-state index is 0.0557. The first kappa shape index (κ1) is 19.3. The van der Waals surface area contributed by atoms with Crippen molar-refractivity contribution in [2.45, 2.75) is 20.0 Å². The van der Waals surface area contributed by atoms with Crippen LogP contribution >= 0.6 is 0 Å². The van der Waals surface area contributed by atoms with Crippen molar-refractivity contribution < 1.29 is 28.5 Å². The number of phenols is 1. The van der Waals surface area contributed by atoms with E-state index in [2.05, 4.69) is 0 Å². The molecule has 1 heterocycles. The average Bonchev–Trinajstić information content (AvgIpc) is 2.70. The highest BCUT2D eigenvalue weighted by Gasteiger charge is 2.12. The van der Waals surface area contributed by atoms with Crippen LogP contribution in [0, 0.1) is 0 Å². The highest BCUT2D eigenvalue weighted by atomic mass is 16.6. The maximum absolute atomic E-state index is 12.0. The minimum Gasteiger partial charge on any atom is -0.508 e. The molecule has 0 amide bonds. The Bertz CT molecular complexity index is 1040. The molecule has 0 bridgehead atoms. The van der Waals surface area contributed by atoms with Crippen LogP contribution in [-0.2, 0) is 22.6 Å². The predicted molar refractivity (Wildman–Crippen MR) is 102 cm³/mol. The molecule has 0 saturated carbocycles. The van der Waals surface area contributed by atoms with Gasteiger partial charge in [0.2, 0.25) is 0 Å². The first-order valence-corrected chi connectivity index (χ1v) is 8.71. The summed E-state index contributed by atoms with van der Waals surface area (Å²) in [5.41, 5.74) is 0.856. The molecule has 0 spiro atoms. The normalized spacial score (nSPS) is 10.6. The lowest BCUT2D eigenvalue weighted by molar-refractivity contribution is -0.147. The summed E-state index contributed by atoms with van der Waals surface area (Å²) in [6, 6.07) is 11.2. The lowest BCUT2D eigenvalue weighted by Gasteiger charge is -2.10. The standard InChI is InChI=1S/C21H20O7/c1-3-13-8-17-14(9-20(23)28-19(17)10-18(13)22)11-27-21(24)12-26-16-6-4-15(25-2)5-7-16/h4-10,22H,3,11-12H2,1-2H3. The lowest BCUT2D eigenvalue weighted by atomic mass is 10.0. The van der Waals surface area contributed by atoms with Crippen LogP contribution < -0.4 is 15.1 Å². The van der Waals surface area contributed by atoms with E-state index in [1.807, 2.05) is 6.92 Å². The third kappa shape index (κ3) is 4.43. The van der Waals surface area contributed by atoms with Crippen molar-refractivity contribution in [3.05, 3.63) is 64.0 Å². The fourth-order valence-electron chi connectivity index (χ4n) is 2.72. The van der Waals surface area contributed by atoms with Crippen molar-refractivity contribution in [1.82, 2.24) is 0 Å². The third-order valence-electron chi connectivity index (χ3n) is 4.22. The molecular weight excluding hydrogens is 364 g/mol. The van der Waals surface area contributed by atoms with Crippen LogP contribution in [0.25, 0.3) is 11.0 Å². The Morgan fingerprint density at radius 1 is 1.07 bits per heavy atom. The quantitative estimate of drug-likeness (QED) is 0.494. The van der Waals surface area contributed by atoms with Gasteiger partial charge in [-0.05, 0) is 42.3 Å². The molecule has 0 aliphatic carbocycles. The van der Waals surface area contributed by atoms with Gasteiger partial charge in [-0.2, -0.15) is 0 Å². The largest absolute Gasteiger partial charge is 0.508 e. The topological polar surface area (TPSA) is 95.2 Å². The first-order chi connectivity index (χ1) is 13.5. The van der Waals surface area contributed by atoms with Gasteiger partial charge in [0.05, 0.1) is 7.11 Å². The summed E-state index contributed by atoms with van der Waals surface area (Å²) in [6.07, 6.45) is 0.607. The Morgan fingerprint density at radius 2 is 1.79 bits per heavy atom. The number of phenolic OH excluding ortho intramolecular Hbond substituents is 1. The van der Waals surface area contributed by atoms with Gasteiger partial charge in [0, 0.05) is 23.1 Å². The predicted octanol–water partition coefficient (Wildman–Crippen LogP) is 3.19. The van der Waals surface area contributed by atoms with E-state index in [0.717, 1.165) is 0 Å². The van der Waals surface area contributed by atoms with Crippen molar-refractivity contribution in [2.75, 3.05) is 13.7 Å². The Labute approximate surface area is 161 Å². The summed E-state index contributed by atoms with van der Waals surface area (Å²) in [4.78, 5) is 23.8. The number of aryl methyl sites for hydroxylation is 1.